The molecule has 2 heterocycles. The maximum atomic E-state index is 14.2. The van der Waals surface area contributed by atoms with E-state index >= 15 is 0 Å². The quantitative estimate of drug-likeness (QED) is 0.234. The third-order valence-electron chi connectivity index (χ3n) is 8.36. The second-order valence-electron chi connectivity index (χ2n) is 10.4. The van der Waals surface area contributed by atoms with Crippen molar-refractivity contribution in [3.63, 3.8) is 0 Å². The van der Waals surface area contributed by atoms with Crippen molar-refractivity contribution in [3.8, 4) is 11.3 Å². The van der Waals surface area contributed by atoms with Gasteiger partial charge in [-0.05, 0) is 49.7 Å². The number of ketones is 1. The van der Waals surface area contributed by atoms with Crippen molar-refractivity contribution in [2.24, 2.45) is 5.41 Å². The molecular weight excluding hydrogens is 508 g/mol. The number of benzene rings is 2. The minimum absolute atomic E-state index is 0.0593. The number of aromatic nitrogens is 1. The van der Waals surface area contributed by atoms with Gasteiger partial charge in [0.05, 0.1) is 5.41 Å². The number of carbonyl (C=O) groups is 3. The van der Waals surface area contributed by atoms with Gasteiger partial charge >= 0.3 is 5.97 Å². The lowest BCUT2D eigenvalue weighted by molar-refractivity contribution is -0.150. The first-order chi connectivity index (χ1) is 19.4. The highest BCUT2D eigenvalue weighted by Gasteiger charge is 2.54. The standard InChI is InChI=1S/C31H38N4O5/c1-3-30(29(38)39,17-9-12-22-10-5-4-6-11-22)18-15-27(36)31(28(37)32-2)25(16-19-34-35-31)23-13-7-8-14-24(23)26-20-40-21-33-26/h4-8,10-11,13-14,20-21,25,34-35H,3,9,12,15-19H2,1-2H3,(H,32,37)(H,38,39)/t25-,30?,31-/m0/s1. The van der Waals surface area contributed by atoms with E-state index in [2.05, 4.69) is 21.2 Å². The number of oxazole rings is 1. The van der Waals surface area contributed by atoms with Crippen LogP contribution >= 0.6 is 0 Å². The highest BCUT2D eigenvalue weighted by atomic mass is 16.4. The van der Waals surface area contributed by atoms with Crippen molar-refractivity contribution in [1.82, 2.24) is 21.2 Å². The molecule has 4 rings (SSSR count). The van der Waals surface area contributed by atoms with E-state index < -0.39 is 28.7 Å². The summed E-state index contributed by atoms with van der Waals surface area (Å²) in [7, 11) is 1.51. The van der Waals surface area contributed by atoms with Gasteiger partial charge in [-0.1, -0.05) is 61.5 Å². The number of carboxylic acids is 1. The van der Waals surface area contributed by atoms with E-state index in [-0.39, 0.29) is 18.6 Å². The zero-order valence-corrected chi connectivity index (χ0v) is 23.1. The van der Waals surface area contributed by atoms with E-state index in [1.807, 2.05) is 61.5 Å². The van der Waals surface area contributed by atoms with Gasteiger partial charge in [0.1, 0.15) is 12.0 Å². The molecule has 3 aromatic rings. The Hall–Kier alpha value is -3.82. The van der Waals surface area contributed by atoms with Gasteiger partial charge < -0.3 is 14.8 Å². The first-order valence-corrected chi connectivity index (χ1v) is 13.9. The number of nitrogens with zero attached hydrogens (tertiary/aromatic N) is 1. The van der Waals surface area contributed by atoms with Crippen LogP contribution in [0.1, 0.15) is 62.5 Å². The molecule has 1 saturated heterocycles. The molecule has 4 N–H and O–H groups in total. The molecular formula is C31H38N4O5. The van der Waals surface area contributed by atoms with Crippen molar-refractivity contribution in [2.45, 2.75) is 63.3 Å². The van der Waals surface area contributed by atoms with Crippen LogP contribution < -0.4 is 16.2 Å². The molecule has 1 amide bonds. The lowest BCUT2D eigenvalue weighted by Crippen LogP contribution is -2.71. The minimum atomic E-state index is -1.63. The Kier molecular flexibility index (Phi) is 9.50. The van der Waals surface area contributed by atoms with Crippen molar-refractivity contribution in [1.29, 1.82) is 0 Å². The lowest BCUT2D eigenvalue weighted by atomic mass is 9.68. The fourth-order valence-electron chi connectivity index (χ4n) is 5.96. The molecule has 1 fully saturated rings. The number of Topliss-reactive ketones (excluding diaryl/α,β-unsaturated/α-hetero) is 1. The number of hydrazine groups is 1. The molecule has 0 saturated carbocycles. The molecule has 40 heavy (non-hydrogen) atoms. The Morgan fingerprint density at radius 2 is 1.88 bits per heavy atom. The van der Waals surface area contributed by atoms with E-state index in [1.54, 1.807) is 0 Å². The lowest BCUT2D eigenvalue weighted by Gasteiger charge is -2.43. The van der Waals surface area contributed by atoms with E-state index in [0.717, 1.165) is 23.1 Å². The monoisotopic (exact) mass is 546 g/mol. The second-order valence-corrected chi connectivity index (χ2v) is 10.4. The smallest absolute Gasteiger partial charge is 0.309 e. The molecule has 1 aliphatic rings. The van der Waals surface area contributed by atoms with Crippen LogP contribution in [0.15, 0.2) is 71.7 Å². The van der Waals surface area contributed by atoms with E-state index in [4.69, 9.17) is 4.42 Å². The minimum Gasteiger partial charge on any atom is -0.481 e. The second kappa shape index (κ2) is 13.0. The van der Waals surface area contributed by atoms with Gasteiger partial charge in [0.2, 0.25) is 5.91 Å². The van der Waals surface area contributed by atoms with Gasteiger partial charge in [-0.2, -0.15) is 0 Å². The average Bonchev–Trinajstić information content (AvgIpc) is 3.54. The van der Waals surface area contributed by atoms with Crippen molar-refractivity contribution < 1.29 is 23.9 Å². The molecule has 1 unspecified atom stereocenters. The number of hydrogen-bond acceptors (Lipinski definition) is 7. The maximum absolute atomic E-state index is 14.2. The number of rotatable bonds is 13. The summed E-state index contributed by atoms with van der Waals surface area (Å²) in [6.07, 6.45) is 5.76. The number of carbonyl (C=O) groups excluding carboxylic acids is 2. The van der Waals surface area contributed by atoms with E-state index in [1.165, 1.54) is 19.7 Å². The Bertz CT molecular complexity index is 1300. The fourth-order valence-corrected chi connectivity index (χ4v) is 5.96. The summed E-state index contributed by atoms with van der Waals surface area (Å²) in [5.74, 6) is -2.24. The van der Waals surface area contributed by atoms with Gasteiger partial charge in [0, 0.05) is 31.5 Å². The van der Waals surface area contributed by atoms with Crippen molar-refractivity contribution in [3.05, 3.63) is 78.4 Å². The number of likely N-dealkylation sites (N-methyl/N-ethyl adjacent to an activating group) is 1. The number of aryl methyl sites for hydroxylation is 1. The SMILES string of the molecule is CCC(CCCc1ccccc1)(CCC(=O)[C@@]1(C(=O)NC)NNCC[C@H]1c1ccccc1-c1cocn1)C(=O)O. The van der Waals surface area contributed by atoms with Gasteiger partial charge in [0.15, 0.2) is 17.7 Å². The number of carboxylic acid groups (broad SMARTS) is 1. The van der Waals surface area contributed by atoms with Crippen LogP contribution in [-0.4, -0.2) is 46.9 Å². The highest BCUT2D eigenvalue weighted by molar-refractivity contribution is 6.12. The molecule has 0 bridgehead atoms. The first-order valence-electron chi connectivity index (χ1n) is 13.9. The Balaban J connectivity index is 1.62. The molecule has 9 nitrogen and oxygen atoms in total. The largest absolute Gasteiger partial charge is 0.481 e. The van der Waals surface area contributed by atoms with E-state index in [9.17, 15) is 19.5 Å². The predicted octanol–water partition coefficient (Wildman–Crippen LogP) is 4.26. The fraction of sp³-hybridized carbons (Fsp3) is 0.419. The van der Waals surface area contributed by atoms with Gasteiger partial charge in [-0.3, -0.25) is 19.8 Å². The average molecular weight is 547 g/mol. The van der Waals surface area contributed by atoms with Crippen LogP contribution in [0.5, 0.6) is 0 Å². The summed E-state index contributed by atoms with van der Waals surface area (Å²) in [4.78, 5) is 44.7. The molecule has 0 spiro atoms. The topological polar surface area (TPSA) is 134 Å². The van der Waals surface area contributed by atoms with Gasteiger partial charge in [-0.15, -0.1) is 0 Å². The van der Waals surface area contributed by atoms with Crippen LogP contribution in [0.3, 0.4) is 0 Å². The molecule has 2 aromatic carbocycles. The number of amides is 1. The summed E-state index contributed by atoms with van der Waals surface area (Å²) in [6.45, 7) is 2.39. The summed E-state index contributed by atoms with van der Waals surface area (Å²) in [6, 6.07) is 17.5. The molecule has 212 valence electrons. The Labute approximate surface area is 234 Å². The maximum Gasteiger partial charge on any atom is 0.309 e. The van der Waals surface area contributed by atoms with Crippen molar-refractivity contribution >= 4 is 17.7 Å². The summed E-state index contributed by atoms with van der Waals surface area (Å²) in [5.41, 5.74) is 6.72. The molecule has 0 aliphatic carbocycles. The van der Waals surface area contributed by atoms with Gasteiger partial charge in [-0.25, -0.2) is 10.4 Å². The Morgan fingerprint density at radius 3 is 2.55 bits per heavy atom. The van der Waals surface area contributed by atoms with Gasteiger partial charge in [0.25, 0.3) is 0 Å². The third-order valence-corrected chi connectivity index (χ3v) is 8.36. The summed E-state index contributed by atoms with van der Waals surface area (Å²) < 4.78 is 5.21. The van der Waals surface area contributed by atoms with Crippen LogP contribution in [0, 0.1) is 5.41 Å². The zero-order valence-electron chi connectivity index (χ0n) is 23.1. The number of nitrogens with one attached hydrogen (secondary N) is 3. The zero-order chi connectivity index (χ0) is 28.6. The summed E-state index contributed by atoms with van der Waals surface area (Å²) >= 11 is 0. The normalized spacial score (nSPS) is 20.4. The molecule has 3 atom stereocenters. The van der Waals surface area contributed by atoms with E-state index in [0.29, 0.717) is 37.9 Å². The van der Waals surface area contributed by atoms with Crippen LogP contribution in [0.2, 0.25) is 0 Å². The molecule has 1 aliphatic heterocycles. The molecule has 0 radical (unpaired) electrons. The van der Waals surface area contributed by atoms with Crippen LogP contribution in [-0.2, 0) is 20.8 Å². The van der Waals surface area contributed by atoms with Crippen LogP contribution in [0.25, 0.3) is 11.3 Å². The van der Waals surface area contributed by atoms with Crippen LogP contribution in [0.4, 0.5) is 0 Å². The first kappa shape index (κ1) is 29.2. The third kappa shape index (κ3) is 5.85. The number of hydrogen-bond donors (Lipinski definition) is 4. The predicted molar refractivity (Wildman–Crippen MR) is 151 cm³/mol. The molecule has 9 heteroatoms. The highest BCUT2D eigenvalue weighted by Crippen LogP contribution is 2.42. The van der Waals surface area contributed by atoms with Crippen molar-refractivity contribution in [2.75, 3.05) is 13.6 Å². The Morgan fingerprint density at radius 1 is 1.12 bits per heavy atom. The summed E-state index contributed by atoms with van der Waals surface area (Å²) in [5, 5.41) is 13.0. The molecule has 1 aromatic heterocycles. The number of aliphatic carboxylic acids is 1.